The number of hydrogen-bond donors (Lipinski definition) is 0. The maximum Gasteiger partial charge on any atom is 0.138 e. The molecule has 1 aromatic rings. The third-order valence-corrected chi connectivity index (χ3v) is 3.59. The molecule has 0 saturated carbocycles. The van der Waals surface area contributed by atoms with Gasteiger partial charge in [0.05, 0.1) is 0 Å². The number of aromatic nitrogens is 1. The summed E-state index contributed by atoms with van der Waals surface area (Å²) in [4.78, 5) is 18.0. The van der Waals surface area contributed by atoms with Crippen LogP contribution in [-0.4, -0.2) is 28.3 Å². The number of rotatable bonds is 2. The summed E-state index contributed by atoms with van der Waals surface area (Å²) in [6, 6.07) is 4.41. The summed E-state index contributed by atoms with van der Waals surface area (Å²) in [5.74, 6) is 0.564. The number of pyridine rings is 1. The van der Waals surface area contributed by atoms with E-state index in [0.717, 1.165) is 13.1 Å². The Morgan fingerprint density at radius 2 is 2.06 bits per heavy atom. The average Bonchev–Trinajstić information content (AvgIpc) is 2.31. The first-order valence-corrected chi connectivity index (χ1v) is 5.84. The Kier molecular flexibility index (Phi) is 3.34. The Bertz CT molecular complexity index is 363. The smallest absolute Gasteiger partial charge is 0.138 e. The van der Waals surface area contributed by atoms with Crippen molar-refractivity contribution in [1.82, 2.24) is 9.88 Å². The second-order valence-electron chi connectivity index (χ2n) is 4.57. The van der Waals surface area contributed by atoms with E-state index in [2.05, 4.69) is 16.8 Å². The molecule has 1 saturated heterocycles. The van der Waals surface area contributed by atoms with Crippen LogP contribution < -0.4 is 0 Å². The predicted molar refractivity (Wildman–Crippen MR) is 62.9 cm³/mol. The van der Waals surface area contributed by atoms with Crippen molar-refractivity contribution in [3.8, 4) is 0 Å². The van der Waals surface area contributed by atoms with Gasteiger partial charge in [-0.25, -0.2) is 0 Å². The SMILES string of the molecule is CC1C(=O)CCN(Cc2ccncc2)C1C. The monoisotopic (exact) mass is 218 g/mol. The highest BCUT2D eigenvalue weighted by Gasteiger charge is 2.30. The number of Topliss-reactive ketones (excluding diaryl/α,β-unsaturated/α-hetero) is 1. The molecular weight excluding hydrogens is 200 g/mol. The van der Waals surface area contributed by atoms with Crippen molar-refractivity contribution >= 4 is 5.78 Å². The van der Waals surface area contributed by atoms with E-state index in [1.165, 1.54) is 5.56 Å². The van der Waals surface area contributed by atoms with E-state index in [9.17, 15) is 4.79 Å². The summed E-state index contributed by atoms with van der Waals surface area (Å²) in [5.41, 5.74) is 1.27. The number of nitrogens with zero attached hydrogens (tertiary/aromatic N) is 2. The Balaban J connectivity index is 2.03. The maximum atomic E-state index is 11.6. The third kappa shape index (κ3) is 2.30. The molecule has 3 nitrogen and oxygen atoms in total. The number of likely N-dealkylation sites (tertiary alicyclic amines) is 1. The predicted octanol–water partition coefficient (Wildman–Crippen LogP) is 1.88. The first-order valence-electron chi connectivity index (χ1n) is 5.84. The minimum absolute atomic E-state index is 0.163. The van der Waals surface area contributed by atoms with Crippen LogP contribution in [0.15, 0.2) is 24.5 Å². The lowest BCUT2D eigenvalue weighted by Crippen LogP contribution is -2.46. The van der Waals surface area contributed by atoms with Gasteiger partial charge in [0.15, 0.2) is 0 Å². The van der Waals surface area contributed by atoms with Crippen molar-refractivity contribution in [3.63, 3.8) is 0 Å². The van der Waals surface area contributed by atoms with Crippen LogP contribution in [0.1, 0.15) is 25.8 Å². The van der Waals surface area contributed by atoms with Gasteiger partial charge in [0.2, 0.25) is 0 Å². The molecule has 1 fully saturated rings. The number of carbonyl (C=O) groups excluding carboxylic acids is 1. The van der Waals surface area contributed by atoms with Crippen LogP contribution in [-0.2, 0) is 11.3 Å². The Hall–Kier alpha value is -1.22. The molecule has 3 heteroatoms. The first kappa shape index (κ1) is 11.3. The Morgan fingerprint density at radius 3 is 2.75 bits per heavy atom. The topological polar surface area (TPSA) is 33.2 Å². The van der Waals surface area contributed by atoms with Gasteiger partial charge < -0.3 is 0 Å². The van der Waals surface area contributed by atoms with E-state index >= 15 is 0 Å². The molecule has 1 aliphatic heterocycles. The van der Waals surface area contributed by atoms with E-state index in [4.69, 9.17) is 0 Å². The van der Waals surface area contributed by atoms with Crippen molar-refractivity contribution in [1.29, 1.82) is 0 Å². The number of ketones is 1. The molecule has 0 radical (unpaired) electrons. The van der Waals surface area contributed by atoms with Crippen LogP contribution in [0, 0.1) is 5.92 Å². The van der Waals surface area contributed by atoms with Gasteiger partial charge in [0, 0.05) is 43.9 Å². The number of piperidine rings is 1. The van der Waals surface area contributed by atoms with Crippen molar-refractivity contribution < 1.29 is 4.79 Å². The second kappa shape index (κ2) is 4.74. The number of hydrogen-bond acceptors (Lipinski definition) is 3. The Labute approximate surface area is 96.5 Å². The van der Waals surface area contributed by atoms with Crippen molar-refractivity contribution in [3.05, 3.63) is 30.1 Å². The second-order valence-corrected chi connectivity index (χ2v) is 4.57. The minimum Gasteiger partial charge on any atom is -0.299 e. The standard InChI is InChI=1S/C13H18N2O/c1-10-11(2)15(8-5-13(10)16)9-12-3-6-14-7-4-12/h3-4,6-7,10-11H,5,8-9H2,1-2H3. The van der Waals surface area contributed by atoms with Crippen LogP contribution in [0.5, 0.6) is 0 Å². The van der Waals surface area contributed by atoms with Gasteiger partial charge in [0.1, 0.15) is 5.78 Å². The number of carbonyl (C=O) groups is 1. The van der Waals surface area contributed by atoms with Gasteiger partial charge in [-0.15, -0.1) is 0 Å². The van der Waals surface area contributed by atoms with E-state index in [0.29, 0.717) is 18.2 Å². The van der Waals surface area contributed by atoms with Crippen LogP contribution in [0.3, 0.4) is 0 Å². The van der Waals surface area contributed by atoms with Gasteiger partial charge in [-0.05, 0) is 24.6 Å². The van der Waals surface area contributed by atoms with E-state index < -0.39 is 0 Å². The normalized spacial score (nSPS) is 27.0. The molecule has 0 aliphatic carbocycles. The average molecular weight is 218 g/mol. The molecule has 2 unspecified atom stereocenters. The zero-order valence-corrected chi connectivity index (χ0v) is 9.89. The van der Waals surface area contributed by atoms with Crippen LogP contribution in [0.4, 0.5) is 0 Å². The molecule has 2 atom stereocenters. The van der Waals surface area contributed by atoms with Crippen LogP contribution >= 0.6 is 0 Å². The van der Waals surface area contributed by atoms with Gasteiger partial charge in [-0.1, -0.05) is 6.92 Å². The lowest BCUT2D eigenvalue weighted by Gasteiger charge is -2.36. The highest BCUT2D eigenvalue weighted by atomic mass is 16.1. The fourth-order valence-electron chi connectivity index (χ4n) is 2.22. The molecule has 0 aromatic carbocycles. The van der Waals surface area contributed by atoms with Gasteiger partial charge in [-0.3, -0.25) is 14.7 Å². The summed E-state index contributed by atoms with van der Waals surface area (Å²) in [6.45, 7) is 5.97. The highest BCUT2D eigenvalue weighted by molar-refractivity contribution is 5.82. The highest BCUT2D eigenvalue weighted by Crippen LogP contribution is 2.21. The molecule has 1 aromatic heterocycles. The van der Waals surface area contributed by atoms with Gasteiger partial charge >= 0.3 is 0 Å². The lowest BCUT2D eigenvalue weighted by molar-refractivity contribution is -0.128. The molecular formula is C13H18N2O. The molecule has 86 valence electrons. The third-order valence-electron chi connectivity index (χ3n) is 3.59. The quantitative estimate of drug-likeness (QED) is 0.760. The summed E-state index contributed by atoms with van der Waals surface area (Å²) in [7, 11) is 0. The molecule has 0 bridgehead atoms. The van der Waals surface area contributed by atoms with Crippen LogP contribution in [0.2, 0.25) is 0 Å². The van der Waals surface area contributed by atoms with E-state index in [1.54, 1.807) is 0 Å². The summed E-state index contributed by atoms with van der Waals surface area (Å²) in [6.07, 6.45) is 4.33. The zero-order chi connectivity index (χ0) is 11.5. The largest absolute Gasteiger partial charge is 0.299 e. The van der Waals surface area contributed by atoms with Crippen molar-refractivity contribution in [2.24, 2.45) is 5.92 Å². The molecule has 0 amide bonds. The Morgan fingerprint density at radius 1 is 1.38 bits per heavy atom. The van der Waals surface area contributed by atoms with Crippen molar-refractivity contribution in [2.45, 2.75) is 32.9 Å². The summed E-state index contributed by atoms with van der Waals surface area (Å²) < 4.78 is 0. The minimum atomic E-state index is 0.163. The lowest BCUT2D eigenvalue weighted by atomic mass is 9.90. The summed E-state index contributed by atoms with van der Waals surface area (Å²) >= 11 is 0. The molecule has 2 heterocycles. The van der Waals surface area contributed by atoms with E-state index in [-0.39, 0.29) is 5.92 Å². The van der Waals surface area contributed by atoms with Crippen molar-refractivity contribution in [2.75, 3.05) is 6.54 Å². The van der Waals surface area contributed by atoms with Crippen LogP contribution in [0.25, 0.3) is 0 Å². The first-order chi connectivity index (χ1) is 7.68. The molecule has 2 rings (SSSR count). The van der Waals surface area contributed by atoms with E-state index in [1.807, 2.05) is 31.5 Å². The molecule has 0 N–H and O–H groups in total. The van der Waals surface area contributed by atoms with Gasteiger partial charge in [-0.2, -0.15) is 0 Å². The van der Waals surface area contributed by atoms with Gasteiger partial charge in [0.25, 0.3) is 0 Å². The summed E-state index contributed by atoms with van der Waals surface area (Å²) in [5, 5.41) is 0. The molecule has 0 spiro atoms. The molecule has 1 aliphatic rings. The fourth-order valence-corrected chi connectivity index (χ4v) is 2.22. The zero-order valence-electron chi connectivity index (χ0n) is 9.89. The molecule has 16 heavy (non-hydrogen) atoms. The fraction of sp³-hybridized carbons (Fsp3) is 0.538. The maximum absolute atomic E-state index is 11.6.